The highest BCUT2D eigenvalue weighted by atomic mass is 19.1. The molecule has 1 aromatic heterocycles. The molecular formula is C18H24FN5. The molecule has 0 radical (unpaired) electrons. The van der Waals surface area contributed by atoms with Crippen molar-refractivity contribution in [3.63, 3.8) is 0 Å². The zero-order chi connectivity index (χ0) is 17.1. The summed E-state index contributed by atoms with van der Waals surface area (Å²) in [6.07, 6.45) is 4.60. The number of aryl methyl sites for hydroxylation is 1. The lowest BCUT2D eigenvalue weighted by Gasteiger charge is -2.11. The van der Waals surface area contributed by atoms with Gasteiger partial charge in [0.15, 0.2) is 5.96 Å². The fourth-order valence-electron chi connectivity index (χ4n) is 2.67. The molecule has 24 heavy (non-hydrogen) atoms. The van der Waals surface area contributed by atoms with Gasteiger partial charge in [-0.3, -0.25) is 0 Å². The Kier molecular flexibility index (Phi) is 4.83. The number of nitrogens with zero attached hydrogens (tertiary/aromatic N) is 3. The molecule has 2 unspecified atom stereocenters. The Bertz CT molecular complexity index is 737. The molecule has 1 fully saturated rings. The number of hydrogen-bond acceptors (Lipinski definition) is 2. The zero-order valence-corrected chi connectivity index (χ0v) is 14.4. The topological polar surface area (TPSA) is 54.2 Å². The van der Waals surface area contributed by atoms with E-state index in [4.69, 9.17) is 0 Å². The van der Waals surface area contributed by atoms with Gasteiger partial charge in [-0.15, -0.1) is 0 Å². The van der Waals surface area contributed by atoms with E-state index in [1.807, 2.05) is 19.9 Å². The van der Waals surface area contributed by atoms with Crippen LogP contribution in [0.3, 0.4) is 0 Å². The van der Waals surface area contributed by atoms with Gasteiger partial charge in [0.1, 0.15) is 11.6 Å². The van der Waals surface area contributed by atoms with Crippen molar-refractivity contribution in [2.45, 2.75) is 39.8 Å². The lowest BCUT2D eigenvalue weighted by Crippen LogP contribution is -2.39. The van der Waals surface area contributed by atoms with Crippen molar-refractivity contribution >= 4 is 5.96 Å². The monoisotopic (exact) mass is 329 g/mol. The van der Waals surface area contributed by atoms with Gasteiger partial charge in [0.2, 0.25) is 0 Å². The first-order valence-corrected chi connectivity index (χ1v) is 8.42. The number of benzene rings is 1. The first kappa shape index (κ1) is 16.5. The van der Waals surface area contributed by atoms with Gasteiger partial charge >= 0.3 is 0 Å². The van der Waals surface area contributed by atoms with Crippen LogP contribution in [0, 0.1) is 18.7 Å². The van der Waals surface area contributed by atoms with Crippen molar-refractivity contribution in [2.24, 2.45) is 10.9 Å². The Morgan fingerprint density at radius 1 is 1.46 bits per heavy atom. The van der Waals surface area contributed by atoms with Crippen LogP contribution in [0.2, 0.25) is 0 Å². The molecule has 0 bridgehead atoms. The number of imidazole rings is 1. The second-order valence-corrected chi connectivity index (χ2v) is 6.29. The maximum absolute atomic E-state index is 14.4. The minimum absolute atomic E-state index is 0.266. The first-order chi connectivity index (χ1) is 11.6. The molecule has 1 aromatic carbocycles. The number of aliphatic imine (C=N–C) groups is 1. The maximum atomic E-state index is 14.4. The molecule has 128 valence electrons. The van der Waals surface area contributed by atoms with Gasteiger partial charge in [-0.1, -0.05) is 13.0 Å². The second kappa shape index (κ2) is 7.03. The largest absolute Gasteiger partial charge is 0.357 e. The summed E-state index contributed by atoms with van der Waals surface area (Å²) in [5.41, 5.74) is 1.35. The molecule has 0 saturated heterocycles. The summed E-state index contributed by atoms with van der Waals surface area (Å²) in [5.74, 6) is 1.99. The van der Waals surface area contributed by atoms with Gasteiger partial charge in [0, 0.05) is 25.0 Å². The van der Waals surface area contributed by atoms with Crippen LogP contribution >= 0.6 is 0 Å². The van der Waals surface area contributed by atoms with E-state index < -0.39 is 0 Å². The maximum Gasteiger partial charge on any atom is 0.191 e. The highest BCUT2D eigenvalue weighted by Gasteiger charge is 2.33. The van der Waals surface area contributed by atoms with E-state index in [9.17, 15) is 4.39 Å². The van der Waals surface area contributed by atoms with E-state index in [0.29, 0.717) is 24.2 Å². The van der Waals surface area contributed by atoms with Gasteiger partial charge in [-0.25, -0.2) is 14.4 Å². The van der Waals surface area contributed by atoms with E-state index in [2.05, 4.69) is 27.5 Å². The molecule has 1 aliphatic rings. The van der Waals surface area contributed by atoms with Crippen molar-refractivity contribution < 1.29 is 4.39 Å². The molecule has 1 heterocycles. The van der Waals surface area contributed by atoms with Crippen molar-refractivity contribution in [3.05, 3.63) is 47.8 Å². The quantitative estimate of drug-likeness (QED) is 0.655. The molecule has 2 atom stereocenters. The lowest BCUT2D eigenvalue weighted by atomic mass is 10.2. The van der Waals surface area contributed by atoms with E-state index in [1.165, 1.54) is 6.42 Å². The number of guanidine groups is 1. The van der Waals surface area contributed by atoms with E-state index in [-0.39, 0.29) is 5.82 Å². The summed E-state index contributed by atoms with van der Waals surface area (Å²) in [6, 6.07) is 5.73. The summed E-state index contributed by atoms with van der Waals surface area (Å²) >= 11 is 0. The second-order valence-electron chi connectivity index (χ2n) is 6.29. The van der Waals surface area contributed by atoms with Crippen LogP contribution < -0.4 is 10.6 Å². The third kappa shape index (κ3) is 3.75. The number of halogens is 1. The summed E-state index contributed by atoms with van der Waals surface area (Å²) < 4.78 is 16.1. The fraction of sp³-hybridized carbons (Fsp3) is 0.444. The van der Waals surface area contributed by atoms with Gasteiger partial charge in [0.25, 0.3) is 0 Å². The Morgan fingerprint density at radius 2 is 2.25 bits per heavy atom. The smallest absolute Gasteiger partial charge is 0.191 e. The summed E-state index contributed by atoms with van der Waals surface area (Å²) in [6.45, 7) is 7.35. The van der Waals surface area contributed by atoms with Crippen molar-refractivity contribution in [2.75, 3.05) is 6.54 Å². The van der Waals surface area contributed by atoms with Crippen LogP contribution in [-0.4, -0.2) is 28.1 Å². The van der Waals surface area contributed by atoms with Gasteiger partial charge in [0.05, 0.1) is 12.2 Å². The number of hydrogen-bond donors (Lipinski definition) is 2. The van der Waals surface area contributed by atoms with Crippen molar-refractivity contribution in [1.82, 2.24) is 20.2 Å². The van der Waals surface area contributed by atoms with Crippen molar-refractivity contribution in [1.29, 1.82) is 0 Å². The van der Waals surface area contributed by atoms with Crippen LogP contribution in [0.5, 0.6) is 0 Å². The minimum Gasteiger partial charge on any atom is -0.357 e. The average molecular weight is 329 g/mol. The molecule has 6 heteroatoms. The van der Waals surface area contributed by atoms with Crippen LogP contribution in [0.4, 0.5) is 4.39 Å². The molecule has 2 aromatic rings. The molecular weight excluding hydrogens is 305 g/mol. The van der Waals surface area contributed by atoms with Crippen molar-refractivity contribution in [3.8, 4) is 5.69 Å². The minimum atomic E-state index is -0.266. The van der Waals surface area contributed by atoms with Crippen LogP contribution in [0.15, 0.2) is 35.6 Å². The normalized spacial score (nSPS) is 20.1. The third-order valence-corrected chi connectivity index (χ3v) is 4.29. The van der Waals surface area contributed by atoms with Gasteiger partial charge < -0.3 is 15.2 Å². The molecule has 0 aliphatic heterocycles. The number of rotatable bonds is 5. The van der Waals surface area contributed by atoms with E-state index in [0.717, 1.165) is 23.9 Å². The predicted octanol–water partition coefficient (Wildman–Crippen LogP) is 2.78. The molecule has 3 rings (SSSR count). The van der Waals surface area contributed by atoms with Crippen LogP contribution in [0.25, 0.3) is 5.69 Å². The number of nitrogens with one attached hydrogen (secondary N) is 2. The first-order valence-electron chi connectivity index (χ1n) is 8.42. The predicted molar refractivity (Wildman–Crippen MR) is 93.8 cm³/mol. The Hall–Kier alpha value is -2.37. The summed E-state index contributed by atoms with van der Waals surface area (Å²) in [4.78, 5) is 8.69. The molecule has 0 spiro atoms. The standard InChI is InChI=1S/C18H24FN5/c1-4-20-18(23-16-9-12(16)2)22-11-14-5-6-17(15(19)10-14)24-8-7-21-13(24)3/h5-8,10,12,16H,4,9,11H2,1-3H3,(H2,20,22,23). The molecule has 5 nitrogen and oxygen atoms in total. The third-order valence-electron chi connectivity index (χ3n) is 4.29. The lowest BCUT2D eigenvalue weighted by molar-refractivity contribution is 0.614. The Morgan fingerprint density at radius 3 is 2.83 bits per heavy atom. The summed E-state index contributed by atoms with van der Waals surface area (Å²) in [7, 11) is 0. The fourth-order valence-corrected chi connectivity index (χ4v) is 2.67. The molecule has 1 aliphatic carbocycles. The highest BCUT2D eigenvalue weighted by molar-refractivity contribution is 5.80. The summed E-state index contributed by atoms with van der Waals surface area (Å²) in [5, 5.41) is 6.63. The molecule has 1 saturated carbocycles. The molecule has 2 N–H and O–H groups in total. The van der Waals surface area contributed by atoms with Crippen LogP contribution in [0.1, 0.15) is 31.7 Å². The SMILES string of the molecule is CCNC(=NCc1ccc(-n2ccnc2C)c(F)c1)NC1CC1C. The molecule has 0 amide bonds. The van der Waals surface area contributed by atoms with E-state index in [1.54, 1.807) is 29.1 Å². The van der Waals surface area contributed by atoms with Gasteiger partial charge in [-0.05, 0) is 43.9 Å². The Labute approximate surface area is 142 Å². The highest BCUT2D eigenvalue weighted by Crippen LogP contribution is 2.28. The van der Waals surface area contributed by atoms with Gasteiger partial charge in [-0.2, -0.15) is 0 Å². The van der Waals surface area contributed by atoms with E-state index >= 15 is 0 Å². The zero-order valence-electron chi connectivity index (χ0n) is 14.4. The Balaban J connectivity index is 1.71. The van der Waals surface area contributed by atoms with Crippen LogP contribution in [-0.2, 0) is 6.54 Å². The average Bonchev–Trinajstić information content (AvgIpc) is 3.07. The number of aromatic nitrogens is 2.